The lowest BCUT2D eigenvalue weighted by molar-refractivity contribution is -0.0165. The van der Waals surface area contributed by atoms with E-state index in [2.05, 4.69) is 11.0 Å². The highest BCUT2D eigenvalue weighted by Crippen LogP contribution is 2.36. The molecule has 60 valence electrons. The second kappa shape index (κ2) is 2.47. The summed E-state index contributed by atoms with van der Waals surface area (Å²) in [5.74, 6) is 0.604. The molecule has 0 aromatic carbocycles. The molecular formula is C8H12N2O. The summed E-state index contributed by atoms with van der Waals surface area (Å²) in [5, 5.41) is 17.8. The predicted molar refractivity (Wildman–Crippen MR) is 39.7 cm³/mol. The number of aliphatic hydroxyl groups is 1. The standard InChI is InChI=1S/C8H12N2O/c9-3-8(6-1-2-6)10-4-7(11)5-10/h6-8,11H,1-2,4-5H2/t8-/m0/s1. The highest BCUT2D eigenvalue weighted by atomic mass is 16.3. The number of likely N-dealkylation sites (tertiary alicyclic amines) is 1. The Kier molecular flexibility index (Phi) is 1.59. The van der Waals surface area contributed by atoms with Gasteiger partial charge < -0.3 is 5.11 Å². The molecule has 0 radical (unpaired) electrons. The van der Waals surface area contributed by atoms with Crippen LogP contribution in [0.1, 0.15) is 12.8 Å². The van der Waals surface area contributed by atoms with Gasteiger partial charge in [0.2, 0.25) is 0 Å². The van der Waals surface area contributed by atoms with Gasteiger partial charge in [-0.05, 0) is 18.8 Å². The molecule has 1 aliphatic carbocycles. The van der Waals surface area contributed by atoms with Gasteiger partial charge in [0, 0.05) is 13.1 Å². The third-order valence-electron chi connectivity index (χ3n) is 2.48. The quantitative estimate of drug-likeness (QED) is 0.604. The average molecular weight is 152 g/mol. The molecule has 2 fully saturated rings. The zero-order chi connectivity index (χ0) is 7.84. The van der Waals surface area contributed by atoms with Crippen molar-refractivity contribution < 1.29 is 5.11 Å². The molecule has 11 heavy (non-hydrogen) atoms. The normalized spacial score (nSPS) is 29.1. The van der Waals surface area contributed by atoms with Crippen molar-refractivity contribution in [2.45, 2.75) is 25.0 Å². The fourth-order valence-electron chi connectivity index (χ4n) is 1.61. The van der Waals surface area contributed by atoms with E-state index < -0.39 is 0 Å². The molecule has 2 aliphatic rings. The number of β-amino-alcohol motifs (C(OH)–C–C–N with tert-alkyl or cyclic N) is 1. The Morgan fingerprint density at radius 1 is 1.45 bits per heavy atom. The largest absolute Gasteiger partial charge is 0.390 e. The predicted octanol–water partition coefficient (Wildman–Crippen LogP) is -0.0349. The molecule has 1 N–H and O–H groups in total. The monoisotopic (exact) mass is 152 g/mol. The van der Waals surface area contributed by atoms with Gasteiger partial charge in [-0.15, -0.1) is 0 Å². The summed E-state index contributed by atoms with van der Waals surface area (Å²) in [6.45, 7) is 1.41. The zero-order valence-corrected chi connectivity index (χ0v) is 6.40. The van der Waals surface area contributed by atoms with Gasteiger partial charge in [0.1, 0.15) is 6.04 Å². The van der Waals surface area contributed by atoms with Crippen molar-refractivity contribution in [1.82, 2.24) is 4.90 Å². The minimum absolute atomic E-state index is 0.0957. The van der Waals surface area contributed by atoms with Crippen molar-refractivity contribution in [3.8, 4) is 6.07 Å². The minimum atomic E-state index is -0.176. The van der Waals surface area contributed by atoms with Crippen molar-refractivity contribution in [3.05, 3.63) is 0 Å². The summed E-state index contributed by atoms with van der Waals surface area (Å²) >= 11 is 0. The summed E-state index contributed by atoms with van der Waals surface area (Å²) in [6.07, 6.45) is 2.22. The van der Waals surface area contributed by atoms with E-state index in [9.17, 15) is 0 Å². The second-order valence-electron chi connectivity index (χ2n) is 3.52. The van der Waals surface area contributed by atoms with Crippen LogP contribution in [0, 0.1) is 17.2 Å². The zero-order valence-electron chi connectivity index (χ0n) is 6.40. The number of hydrogen-bond acceptors (Lipinski definition) is 3. The van der Waals surface area contributed by atoms with Crippen LogP contribution in [0.5, 0.6) is 0 Å². The van der Waals surface area contributed by atoms with Crippen LogP contribution in [-0.4, -0.2) is 35.2 Å². The van der Waals surface area contributed by atoms with E-state index in [4.69, 9.17) is 10.4 Å². The molecule has 0 bridgehead atoms. The first-order valence-electron chi connectivity index (χ1n) is 4.13. The molecule has 1 heterocycles. The third-order valence-corrected chi connectivity index (χ3v) is 2.48. The summed E-state index contributed by atoms with van der Waals surface area (Å²) in [5.41, 5.74) is 0. The van der Waals surface area contributed by atoms with Crippen molar-refractivity contribution in [2.75, 3.05) is 13.1 Å². The number of hydrogen-bond donors (Lipinski definition) is 1. The van der Waals surface area contributed by atoms with Gasteiger partial charge in [0.25, 0.3) is 0 Å². The highest BCUT2D eigenvalue weighted by Gasteiger charge is 2.40. The lowest BCUT2D eigenvalue weighted by Crippen LogP contribution is -2.55. The smallest absolute Gasteiger partial charge is 0.101 e. The maximum absolute atomic E-state index is 9.01. The van der Waals surface area contributed by atoms with E-state index in [1.807, 2.05) is 0 Å². The van der Waals surface area contributed by atoms with Gasteiger partial charge in [-0.3, -0.25) is 4.90 Å². The van der Waals surface area contributed by atoms with Gasteiger partial charge in [-0.1, -0.05) is 0 Å². The van der Waals surface area contributed by atoms with E-state index in [1.54, 1.807) is 0 Å². The molecule has 1 saturated heterocycles. The summed E-state index contributed by atoms with van der Waals surface area (Å²) < 4.78 is 0. The van der Waals surface area contributed by atoms with Gasteiger partial charge in [0.05, 0.1) is 12.2 Å². The molecule has 3 heteroatoms. The molecule has 0 aromatic rings. The number of nitriles is 1. The third kappa shape index (κ3) is 1.24. The molecule has 1 aliphatic heterocycles. The van der Waals surface area contributed by atoms with Crippen LogP contribution in [0.3, 0.4) is 0 Å². The Hall–Kier alpha value is -0.590. The molecular weight excluding hydrogens is 140 g/mol. The minimum Gasteiger partial charge on any atom is -0.390 e. The van der Waals surface area contributed by atoms with Crippen LogP contribution in [0.2, 0.25) is 0 Å². The molecule has 3 nitrogen and oxygen atoms in total. The van der Waals surface area contributed by atoms with Gasteiger partial charge in [0.15, 0.2) is 0 Å². The molecule has 0 amide bonds. The second-order valence-corrected chi connectivity index (χ2v) is 3.52. The number of aliphatic hydroxyl groups excluding tert-OH is 1. The van der Waals surface area contributed by atoms with Crippen molar-refractivity contribution in [1.29, 1.82) is 5.26 Å². The fraction of sp³-hybridized carbons (Fsp3) is 0.875. The van der Waals surface area contributed by atoms with Gasteiger partial charge in [-0.2, -0.15) is 5.26 Å². The van der Waals surface area contributed by atoms with Crippen LogP contribution in [0.15, 0.2) is 0 Å². The highest BCUT2D eigenvalue weighted by molar-refractivity contribution is 5.05. The first-order chi connectivity index (χ1) is 5.31. The van der Waals surface area contributed by atoms with Crippen LogP contribution < -0.4 is 0 Å². The SMILES string of the molecule is N#C[C@@H](C1CC1)N1CC(O)C1. The Morgan fingerprint density at radius 2 is 2.09 bits per heavy atom. The van der Waals surface area contributed by atoms with Gasteiger partial charge >= 0.3 is 0 Å². The summed E-state index contributed by atoms with van der Waals surface area (Å²) in [7, 11) is 0. The topological polar surface area (TPSA) is 47.3 Å². The molecule has 0 unspecified atom stereocenters. The number of nitrogens with zero attached hydrogens (tertiary/aromatic N) is 2. The molecule has 0 spiro atoms. The van der Waals surface area contributed by atoms with Crippen LogP contribution >= 0.6 is 0 Å². The van der Waals surface area contributed by atoms with Crippen molar-refractivity contribution in [3.63, 3.8) is 0 Å². The maximum Gasteiger partial charge on any atom is 0.101 e. The Bertz CT molecular complexity index is 189. The summed E-state index contributed by atoms with van der Waals surface area (Å²) in [4.78, 5) is 2.07. The fourth-order valence-corrected chi connectivity index (χ4v) is 1.61. The Balaban J connectivity index is 1.87. The van der Waals surface area contributed by atoms with Crippen molar-refractivity contribution >= 4 is 0 Å². The van der Waals surface area contributed by atoms with Crippen LogP contribution in [0.25, 0.3) is 0 Å². The van der Waals surface area contributed by atoms with E-state index >= 15 is 0 Å². The molecule has 2 rings (SSSR count). The van der Waals surface area contributed by atoms with E-state index in [0.717, 1.165) is 0 Å². The average Bonchev–Trinajstić information content (AvgIpc) is 2.69. The van der Waals surface area contributed by atoms with Crippen molar-refractivity contribution in [2.24, 2.45) is 5.92 Å². The summed E-state index contributed by atoms with van der Waals surface area (Å²) in [6, 6.07) is 2.40. The van der Waals surface area contributed by atoms with E-state index in [0.29, 0.717) is 19.0 Å². The van der Waals surface area contributed by atoms with Gasteiger partial charge in [-0.25, -0.2) is 0 Å². The van der Waals surface area contributed by atoms with Crippen LogP contribution in [0.4, 0.5) is 0 Å². The van der Waals surface area contributed by atoms with E-state index in [1.165, 1.54) is 12.8 Å². The van der Waals surface area contributed by atoms with Crippen LogP contribution in [-0.2, 0) is 0 Å². The maximum atomic E-state index is 9.01. The Morgan fingerprint density at radius 3 is 2.45 bits per heavy atom. The first kappa shape index (κ1) is 7.08. The Labute approximate surface area is 66.2 Å². The molecule has 0 aromatic heterocycles. The lowest BCUT2D eigenvalue weighted by Gasteiger charge is -2.38. The molecule has 1 saturated carbocycles. The molecule has 1 atom stereocenters. The first-order valence-corrected chi connectivity index (χ1v) is 4.13. The lowest BCUT2D eigenvalue weighted by atomic mass is 10.1. The van der Waals surface area contributed by atoms with E-state index in [-0.39, 0.29) is 12.1 Å². The number of rotatable bonds is 2.